The highest BCUT2D eigenvalue weighted by molar-refractivity contribution is 6.01. The van der Waals surface area contributed by atoms with Crippen molar-refractivity contribution in [1.82, 2.24) is 4.98 Å². The largest absolute Gasteiger partial charge is 0.478 e. The summed E-state index contributed by atoms with van der Waals surface area (Å²) in [5, 5.41) is 3.67. The zero-order chi connectivity index (χ0) is 22.4. The molecule has 0 amide bonds. The van der Waals surface area contributed by atoms with Crippen LogP contribution in [0.4, 0.5) is 0 Å². The van der Waals surface area contributed by atoms with Crippen LogP contribution in [-0.4, -0.2) is 23.0 Å². The van der Waals surface area contributed by atoms with Crippen LogP contribution in [0, 0.1) is 0 Å². The molecule has 4 aromatic carbocycles. The first kappa shape index (κ1) is 19.8. The van der Waals surface area contributed by atoms with Gasteiger partial charge in [0.25, 0.3) is 0 Å². The Balaban J connectivity index is 1.64. The first-order chi connectivity index (χ1) is 16.1. The molecule has 0 bridgehead atoms. The van der Waals surface area contributed by atoms with E-state index in [9.17, 15) is 0 Å². The average Bonchev–Trinajstić information content (AvgIpc) is 3.40. The SMILES string of the molecule is CC1(C)COC(C(c2ccccc2)c2c(-c3ccc4ccccc4c3)[nH]c3ccccc23)=N1. The van der Waals surface area contributed by atoms with Crippen molar-refractivity contribution < 1.29 is 4.74 Å². The van der Waals surface area contributed by atoms with E-state index >= 15 is 0 Å². The molecule has 0 saturated heterocycles. The Morgan fingerprint density at radius 1 is 0.818 bits per heavy atom. The quantitative estimate of drug-likeness (QED) is 0.318. The minimum atomic E-state index is -0.225. The van der Waals surface area contributed by atoms with Gasteiger partial charge in [-0.05, 0) is 47.9 Å². The van der Waals surface area contributed by atoms with Crippen molar-refractivity contribution in [3.63, 3.8) is 0 Å². The topological polar surface area (TPSA) is 37.4 Å². The van der Waals surface area contributed by atoms with Crippen molar-refractivity contribution >= 4 is 27.6 Å². The molecule has 1 unspecified atom stereocenters. The monoisotopic (exact) mass is 430 g/mol. The van der Waals surface area contributed by atoms with Crippen LogP contribution in [0.15, 0.2) is 102 Å². The molecule has 0 fully saturated rings. The molecule has 0 aliphatic carbocycles. The highest BCUT2D eigenvalue weighted by Crippen LogP contribution is 2.42. The fourth-order valence-electron chi connectivity index (χ4n) is 4.88. The summed E-state index contributed by atoms with van der Waals surface area (Å²) in [6, 6.07) is 34.3. The smallest absolute Gasteiger partial charge is 0.196 e. The molecule has 0 radical (unpaired) electrons. The van der Waals surface area contributed by atoms with Gasteiger partial charge in [0.2, 0.25) is 0 Å². The van der Waals surface area contributed by atoms with E-state index in [1.54, 1.807) is 0 Å². The van der Waals surface area contributed by atoms with Gasteiger partial charge in [-0.2, -0.15) is 0 Å². The number of aliphatic imine (C=N–C) groups is 1. The average molecular weight is 431 g/mol. The number of hydrogen-bond donors (Lipinski definition) is 1. The highest BCUT2D eigenvalue weighted by Gasteiger charge is 2.35. The summed E-state index contributed by atoms with van der Waals surface area (Å²) in [4.78, 5) is 8.75. The summed E-state index contributed by atoms with van der Waals surface area (Å²) in [6.45, 7) is 4.85. The molecular weight excluding hydrogens is 404 g/mol. The van der Waals surface area contributed by atoms with Crippen LogP contribution >= 0.6 is 0 Å². The molecule has 1 aliphatic rings. The van der Waals surface area contributed by atoms with Crippen LogP contribution < -0.4 is 0 Å². The van der Waals surface area contributed by atoms with Crippen LogP contribution in [0.5, 0.6) is 0 Å². The van der Waals surface area contributed by atoms with Gasteiger partial charge in [0.05, 0.1) is 17.2 Å². The van der Waals surface area contributed by atoms with Crippen molar-refractivity contribution in [1.29, 1.82) is 0 Å². The fraction of sp³-hybridized carbons (Fsp3) is 0.167. The molecule has 162 valence electrons. The van der Waals surface area contributed by atoms with Gasteiger partial charge in [0, 0.05) is 16.5 Å². The maximum absolute atomic E-state index is 6.25. The van der Waals surface area contributed by atoms with Crippen LogP contribution in [0.2, 0.25) is 0 Å². The Hall–Kier alpha value is -3.85. The summed E-state index contributed by atoms with van der Waals surface area (Å²) in [6.07, 6.45) is 0. The normalized spacial score (nSPS) is 16.0. The molecule has 6 rings (SSSR count). The highest BCUT2D eigenvalue weighted by atomic mass is 16.5. The summed E-state index contributed by atoms with van der Waals surface area (Å²) < 4.78 is 6.25. The number of hydrogen-bond acceptors (Lipinski definition) is 2. The lowest BCUT2D eigenvalue weighted by atomic mass is 9.87. The maximum atomic E-state index is 6.25. The molecular formula is C30H26N2O. The minimum absolute atomic E-state index is 0.0920. The zero-order valence-electron chi connectivity index (χ0n) is 18.9. The number of H-pyrrole nitrogens is 1. The number of fused-ring (bicyclic) bond motifs is 2. The second-order valence-corrected chi connectivity index (χ2v) is 9.42. The first-order valence-electron chi connectivity index (χ1n) is 11.5. The second kappa shape index (κ2) is 7.63. The number of nitrogens with zero attached hydrogens (tertiary/aromatic N) is 1. The Kier molecular flexibility index (Phi) is 4.58. The number of benzene rings is 4. The van der Waals surface area contributed by atoms with Gasteiger partial charge in [-0.1, -0.05) is 84.9 Å². The summed E-state index contributed by atoms with van der Waals surface area (Å²) in [7, 11) is 0. The number of aromatic amines is 1. The maximum Gasteiger partial charge on any atom is 0.196 e. The van der Waals surface area contributed by atoms with E-state index in [0.29, 0.717) is 6.61 Å². The lowest BCUT2D eigenvalue weighted by molar-refractivity contribution is 0.273. The van der Waals surface area contributed by atoms with Crippen molar-refractivity contribution in [2.75, 3.05) is 6.61 Å². The number of nitrogens with one attached hydrogen (secondary N) is 1. The van der Waals surface area contributed by atoms with Crippen LogP contribution in [0.25, 0.3) is 32.9 Å². The lowest BCUT2D eigenvalue weighted by Gasteiger charge is -2.19. The number of rotatable bonds is 4. The summed E-state index contributed by atoms with van der Waals surface area (Å²) >= 11 is 0. The molecule has 2 heterocycles. The minimum Gasteiger partial charge on any atom is -0.478 e. The third-order valence-corrected chi connectivity index (χ3v) is 6.44. The molecule has 0 saturated carbocycles. The molecule has 5 aromatic rings. The molecule has 3 nitrogen and oxygen atoms in total. The predicted octanol–water partition coefficient (Wildman–Crippen LogP) is 7.33. The van der Waals surface area contributed by atoms with E-state index in [1.165, 1.54) is 32.8 Å². The van der Waals surface area contributed by atoms with Crippen LogP contribution in [0.3, 0.4) is 0 Å². The first-order valence-corrected chi connectivity index (χ1v) is 11.5. The standard InChI is InChI=1S/C30H26N2O/c1-30(2)19-33-29(32-30)26(21-11-4-3-5-12-21)27-24-14-8-9-15-25(24)31-28(27)23-17-16-20-10-6-7-13-22(20)18-23/h3-18,26,31H,19H2,1-2H3. The van der Waals surface area contributed by atoms with Crippen molar-refractivity contribution in [2.45, 2.75) is 25.3 Å². The van der Waals surface area contributed by atoms with Gasteiger partial charge in [0.15, 0.2) is 5.90 Å². The molecule has 1 aromatic heterocycles. The van der Waals surface area contributed by atoms with Crippen molar-refractivity contribution in [3.05, 3.63) is 108 Å². The summed E-state index contributed by atoms with van der Waals surface area (Å²) in [5.74, 6) is 0.698. The van der Waals surface area contributed by atoms with Gasteiger partial charge in [-0.25, -0.2) is 4.99 Å². The van der Waals surface area contributed by atoms with Crippen molar-refractivity contribution in [3.8, 4) is 11.3 Å². The molecule has 33 heavy (non-hydrogen) atoms. The van der Waals surface area contributed by atoms with E-state index < -0.39 is 0 Å². The number of para-hydroxylation sites is 1. The summed E-state index contributed by atoms with van der Waals surface area (Å²) in [5.41, 5.74) is 5.57. The molecule has 1 aliphatic heterocycles. The molecule has 3 heteroatoms. The number of aromatic nitrogens is 1. The Morgan fingerprint density at radius 2 is 1.55 bits per heavy atom. The van der Waals surface area contributed by atoms with Gasteiger partial charge in [0.1, 0.15) is 6.61 Å². The fourth-order valence-corrected chi connectivity index (χ4v) is 4.88. The van der Waals surface area contributed by atoms with E-state index in [1.807, 2.05) is 0 Å². The van der Waals surface area contributed by atoms with Crippen LogP contribution in [-0.2, 0) is 4.74 Å². The van der Waals surface area contributed by atoms with E-state index in [-0.39, 0.29) is 11.5 Å². The molecule has 1 N–H and O–H groups in total. The lowest BCUT2D eigenvalue weighted by Crippen LogP contribution is -2.17. The predicted molar refractivity (Wildman–Crippen MR) is 137 cm³/mol. The van der Waals surface area contributed by atoms with E-state index in [0.717, 1.165) is 17.1 Å². The van der Waals surface area contributed by atoms with Gasteiger partial charge in [-0.3, -0.25) is 0 Å². The Bertz CT molecular complexity index is 1490. The third-order valence-electron chi connectivity index (χ3n) is 6.44. The van der Waals surface area contributed by atoms with Gasteiger partial charge in [-0.15, -0.1) is 0 Å². The molecule has 1 atom stereocenters. The Morgan fingerprint density at radius 3 is 2.33 bits per heavy atom. The zero-order valence-corrected chi connectivity index (χ0v) is 18.9. The number of ether oxygens (including phenoxy) is 1. The van der Waals surface area contributed by atoms with E-state index in [2.05, 4.69) is 116 Å². The Labute approximate surface area is 193 Å². The van der Waals surface area contributed by atoms with Crippen LogP contribution in [0.1, 0.15) is 30.9 Å². The van der Waals surface area contributed by atoms with Gasteiger partial charge < -0.3 is 9.72 Å². The van der Waals surface area contributed by atoms with E-state index in [4.69, 9.17) is 9.73 Å². The second-order valence-electron chi connectivity index (χ2n) is 9.42. The van der Waals surface area contributed by atoms with Crippen molar-refractivity contribution in [2.24, 2.45) is 4.99 Å². The molecule has 0 spiro atoms. The third kappa shape index (κ3) is 3.50. The van der Waals surface area contributed by atoms with Gasteiger partial charge >= 0.3 is 0 Å².